The van der Waals surface area contributed by atoms with Crippen LogP contribution in [0.5, 0.6) is 5.75 Å². The molecule has 0 aliphatic heterocycles. The molecule has 5 heteroatoms. The molecule has 1 atom stereocenters. The van der Waals surface area contributed by atoms with E-state index in [1.165, 1.54) is 0 Å². The molecule has 0 aliphatic rings. The lowest BCUT2D eigenvalue weighted by atomic mass is 10.1. The molecule has 3 nitrogen and oxygen atoms in total. The average Bonchev–Trinajstić information content (AvgIpc) is 2.43. The second-order valence-electron chi connectivity index (χ2n) is 5.09. The summed E-state index contributed by atoms with van der Waals surface area (Å²) in [7, 11) is 0. The molecule has 2 rings (SSSR count). The number of nitrogens with zero attached hydrogens (tertiary/aromatic N) is 1. The van der Waals surface area contributed by atoms with E-state index in [1.54, 1.807) is 6.20 Å². The zero-order chi connectivity index (χ0) is 15.4. The number of pyridine rings is 1. The maximum Gasteiger partial charge on any atom is 0.152 e. The van der Waals surface area contributed by atoms with E-state index in [2.05, 4.69) is 45.3 Å². The van der Waals surface area contributed by atoms with E-state index in [0.717, 1.165) is 21.5 Å². The van der Waals surface area contributed by atoms with Crippen LogP contribution in [0.3, 0.4) is 0 Å². The Hall–Kier alpha value is -1.26. The van der Waals surface area contributed by atoms with E-state index < -0.39 is 0 Å². The molecule has 0 aliphatic carbocycles. The molecule has 21 heavy (non-hydrogen) atoms. The first-order chi connectivity index (χ1) is 9.95. The van der Waals surface area contributed by atoms with Gasteiger partial charge in [0.1, 0.15) is 5.75 Å². The summed E-state index contributed by atoms with van der Waals surface area (Å²) in [5.74, 6) is 0.878. The third-order valence-electron chi connectivity index (χ3n) is 2.93. The molecule has 0 amide bonds. The largest absolute Gasteiger partial charge is 0.491 e. The predicted octanol–water partition coefficient (Wildman–Crippen LogP) is 5.46. The average molecular weight is 370 g/mol. The molecule has 1 unspecified atom stereocenters. The zero-order valence-corrected chi connectivity index (χ0v) is 14.6. The van der Waals surface area contributed by atoms with Crippen LogP contribution in [0, 0.1) is 0 Å². The topological polar surface area (TPSA) is 34.1 Å². The first kappa shape index (κ1) is 16.1. The van der Waals surface area contributed by atoms with Crippen LogP contribution < -0.4 is 10.1 Å². The van der Waals surface area contributed by atoms with Crippen LogP contribution in [0.4, 0.5) is 5.69 Å². The maximum absolute atomic E-state index is 6.10. The molecule has 1 N–H and O–H groups in total. The molecule has 112 valence electrons. The number of rotatable bonds is 5. The maximum atomic E-state index is 6.10. The van der Waals surface area contributed by atoms with Gasteiger partial charge in [0.25, 0.3) is 0 Å². The number of halogens is 2. The number of benzene rings is 1. The molecule has 1 aromatic heterocycles. The highest BCUT2D eigenvalue weighted by atomic mass is 79.9. The monoisotopic (exact) mass is 368 g/mol. The fraction of sp³-hybridized carbons (Fsp3) is 0.312. The number of hydrogen-bond donors (Lipinski definition) is 1. The van der Waals surface area contributed by atoms with Crippen LogP contribution >= 0.6 is 27.5 Å². The van der Waals surface area contributed by atoms with Crippen LogP contribution in [0.2, 0.25) is 5.15 Å². The molecule has 0 fully saturated rings. The Bertz CT molecular complexity index is 602. The summed E-state index contributed by atoms with van der Waals surface area (Å²) in [6.45, 7) is 6.11. The van der Waals surface area contributed by atoms with Crippen LogP contribution in [-0.4, -0.2) is 11.1 Å². The first-order valence-electron chi connectivity index (χ1n) is 6.80. The highest BCUT2D eigenvalue weighted by Crippen LogP contribution is 2.28. The number of hydrogen-bond acceptors (Lipinski definition) is 3. The summed E-state index contributed by atoms with van der Waals surface area (Å²) in [6, 6.07) is 10.1. The van der Waals surface area contributed by atoms with Gasteiger partial charge in [0.2, 0.25) is 0 Å². The van der Waals surface area contributed by atoms with Crippen molar-refractivity contribution in [3.05, 3.63) is 51.7 Å². The second kappa shape index (κ2) is 7.14. The molecule has 0 saturated carbocycles. The van der Waals surface area contributed by atoms with Gasteiger partial charge in [0, 0.05) is 16.7 Å². The fourth-order valence-corrected chi connectivity index (χ4v) is 2.44. The van der Waals surface area contributed by atoms with Gasteiger partial charge < -0.3 is 10.1 Å². The van der Waals surface area contributed by atoms with Gasteiger partial charge in [-0.25, -0.2) is 4.98 Å². The van der Waals surface area contributed by atoms with E-state index in [-0.39, 0.29) is 12.1 Å². The lowest BCUT2D eigenvalue weighted by Gasteiger charge is -2.17. The Morgan fingerprint density at radius 2 is 1.86 bits per heavy atom. The smallest absolute Gasteiger partial charge is 0.152 e. The van der Waals surface area contributed by atoms with E-state index in [4.69, 9.17) is 16.3 Å². The highest BCUT2D eigenvalue weighted by molar-refractivity contribution is 9.10. The second-order valence-corrected chi connectivity index (χ2v) is 6.37. The molecule has 0 bridgehead atoms. The van der Waals surface area contributed by atoms with Gasteiger partial charge in [-0.05, 0) is 60.5 Å². The Morgan fingerprint density at radius 1 is 1.19 bits per heavy atom. The summed E-state index contributed by atoms with van der Waals surface area (Å²) in [6.07, 6.45) is 1.86. The molecule has 1 heterocycles. The summed E-state index contributed by atoms with van der Waals surface area (Å²) < 4.78 is 6.54. The van der Waals surface area contributed by atoms with E-state index in [0.29, 0.717) is 5.15 Å². The normalized spacial score (nSPS) is 12.3. The van der Waals surface area contributed by atoms with Gasteiger partial charge in [-0.1, -0.05) is 23.7 Å². The van der Waals surface area contributed by atoms with Crippen molar-refractivity contribution < 1.29 is 4.74 Å². The Morgan fingerprint density at radius 3 is 2.48 bits per heavy atom. The number of nitrogens with one attached hydrogen (secondary N) is 1. The van der Waals surface area contributed by atoms with E-state index >= 15 is 0 Å². The van der Waals surface area contributed by atoms with Gasteiger partial charge >= 0.3 is 0 Å². The lowest BCUT2D eigenvalue weighted by molar-refractivity contribution is 0.242. The standard InChI is InChI=1S/C16H18BrClN2O/c1-10(2)21-14-6-4-12(5-7-14)11(3)20-15-8-13(17)9-19-16(15)18/h4-11,20H,1-3H3. The van der Waals surface area contributed by atoms with Crippen molar-refractivity contribution in [3.8, 4) is 5.75 Å². The summed E-state index contributed by atoms with van der Waals surface area (Å²) in [5, 5.41) is 3.83. The minimum Gasteiger partial charge on any atom is -0.491 e. The van der Waals surface area contributed by atoms with E-state index in [1.807, 2.05) is 32.0 Å². The van der Waals surface area contributed by atoms with Gasteiger partial charge in [-0.3, -0.25) is 0 Å². The van der Waals surface area contributed by atoms with Crippen LogP contribution in [-0.2, 0) is 0 Å². The molecule has 0 spiro atoms. The summed E-state index contributed by atoms with van der Waals surface area (Å²) >= 11 is 9.49. The molecule has 1 aromatic carbocycles. The van der Waals surface area contributed by atoms with E-state index in [9.17, 15) is 0 Å². The predicted molar refractivity (Wildman–Crippen MR) is 91.2 cm³/mol. The number of anilines is 1. The van der Waals surface area contributed by atoms with Crippen molar-refractivity contribution >= 4 is 33.2 Å². The van der Waals surface area contributed by atoms with Crippen LogP contribution in [0.1, 0.15) is 32.4 Å². The third kappa shape index (κ3) is 4.61. The third-order valence-corrected chi connectivity index (χ3v) is 3.66. The lowest BCUT2D eigenvalue weighted by Crippen LogP contribution is -2.08. The first-order valence-corrected chi connectivity index (χ1v) is 7.97. The van der Waals surface area contributed by atoms with Gasteiger partial charge in [-0.15, -0.1) is 0 Å². The van der Waals surface area contributed by atoms with Gasteiger partial charge in [0.05, 0.1) is 11.8 Å². The van der Waals surface area contributed by atoms with Crippen LogP contribution in [0.25, 0.3) is 0 Å². The summed E-state index contributed by atoms with van der Waals surface area (Å²) in [4.78, 5) is 4.11. The zero-order valence-electron chi connectivity index (χ0n) is 12.2. The van der Waals surface area contributed by atoms with Crippen LogP contribution in [0.15, 0.2) is 41.0 Å². The number of ether oxygens (including phenoxy) is 1. The van der Waals surface area contributed by atoms with Crippen molar-refractivity contribution in [2.45, 2.75) is 32.9 Å². The summed E-state index contributed by atoms with van der Waals surface area (Å²) in [5.41, 5.74) is 1.96. The fourth-order valence-electron chi connectivity index (χ4n) is 1.95. The molecule has 2 aromatic rings. The molecular weight excluding hydrogens is 352 g/mol. The minimum absolute atomic E-state index is 0.117. The Kier molecular flexibility index (Phi) is 5.48. The van der Waals surface area contributed by atoms with Crippen molar-refractivity contribution in [1.29, 1.82) is 0 Å². The molecule has 0 radical (unpaired) electrons. The quantitative estimate of drug-likeness (QED) is 0.711. The molecule has 0 saturated heterocycles. The Balaban J connectivity index is 2.09. The van der Waals surface area contributed by atoms with Crippen molar-refractivity contribution in [2.75, 3.05) is 5.32 Å². The minimum atomic E-state index is 0.117. The van der Waals surface area contributed by atoms with Gasteiger partial charge in [0.15, 0.2) is 5.15 Å². The highest BCUT2D eigenvalue weighted by Gasteiger charge is 2.09. The van der Waals surface area contributed by atoms with Crippen molar-refractivity contribution in [1.82, 2.24) is 4.98 Å². The molecular formula is C16H18BrClN2O. The SMILES string of the molecule is CC(C)Oc1ccc(C(C)Nc2cc(Br)cnc2Cl)cc1. The Labute approximate surface area is 138 Å². The van der Waals surface area contributed by atoms with Crippen molar-refractivity contribution in [3.63, 3.8) is 0 Å². The van der Waals surface area contributed by atoms with Gasteiger partial charge in [-0.2, -0.15) is 0 Å². The number of aromatic nitrogens is 1. The van der Waals surface area contributed by atoms with Crippen molar-refractivity contribution in [2.24, 2.45) is 0 Å².